The molecule has 0 saturated carbocycles. The van der Waals surface area contributed by atoms with Gasteiger partial charge in [0.2, 0.25) is 0 Å². The number of nitrogens with zero attached hydrogens (tertiary/aromatic N) is 2. The van der Waals surface area contributed by atoms with E-state index >= 15 is 4.39 Å². The molecule has 2 heterocycles. The van der Waals surface area contributed by atoms with E-state index in [1.54, 1.807) is 14.2 Å². The lowest BCUT2D eigenvalue weighted by Crippen LogP contribution is -2.39. The van der Waals surface area contributed by atoms with Gasteiger partial charge in [0.1, 0.15) is 41.5 Å². The van der Waals surface area contributed by atoms with Gasteiger partial charge in [0.05, 0.1) is 20.8 Å². The van der Waals surface area contributed by atoms with Crippen LogP contribution < -0.4 is 14.8 Å². The molecule has 0 spiro atoms. The van der Waals surface area contributed by atoms with E-state index in [-0.39, 0.29) is 6.61 Å². The summed E-state index contributed by atoms with van der Waals surface area (Å²) in [5.41, 5.74) is 2.97. The van der Waals surface area contributed by atoms with Gasteiger partial charge < -0.3 is 29.4 Å². The number of anilines is 1. The van der Waals surface area contributed by atoms with Crippen LogP contribution in [-0.4, -0.2) is 60.5 Å². The average Bonchev–Trinajstić information content (AvgIpc) is 3.34. The van der Waals surface area contributed by atoms with Crippen LogP contribution in [0.15, 0.2) is 97.8 Å². The molecule has 2 N–H and O–H groups in total. The third-order valence-corrected chi connectivity index (χ3v) is 8.01. The van der Waals surface area contributed by atoms with Crippen molar-refractivity contribution in [2.75, 3.05) is 26.1 Å². The topological polar surface area (TPSA) is 95.0 Å². The minimum Gasteiger partial charge on any atom is -0.497 e. The van der Waals surface area contributed by atoms with E-state index < -0.39 is 30.2 Å². The number of halogens is 1. The predicted molar refractivity (Wildman–Crippen MR) is 167 cm³/mol. The summed E-state index contributed by atoms with van der Waals surface area (Å²) in [6.45, 7) is 5.53. The molecule has 1 aliphatic heterocycles. The number of benzene rings is 3. The van der Waals surface area contributed by atoms with E-state index in [1.807, 2.05) is 91.9 Å². The van der Waals surface area contributed by atoms with E-state index in [4.69, 9.17) is 18.9 Å². The van der Waals surface area contributed by atoms with E-state index in [0.29, 0.717) is 23.7 Å². The van der Waals surface area contributed by atoms with Gasteiger partial charge in [-0.3, -0.25) is 0 Å². The summed E-state index contributed by atoms with van der Waals surface area (Å²) in [6, 6.07) is 25.0. The molecule has 0 unspecified atom stereocenters. The van der Waals surface area contributed by atoms with Gasteiger partial charge in [-0.25, -0.2) is 14.4 Å². The zero-order valence-electron chi connectivity index (χ0n) is 25.2. The second-order valence-corrected chi connectivity index (χ2v) is 10.6. The van der Waals surface area contributed by atoms with Crippen molar-refractivity contribution >= 4 is 5.82 Å². The van der Waals surface area contributed by atoms with Crippen molar-refractivity contribution in [3.63, 3.8) is 0 Å². The first-order valence-corrected chi connectivity index (χ1v) is 14.5. The van der Waals surface area contributed by atoms with Gasteiger partial charge in [0.15, 0.2) is 12.4 Å². The van der Waals surface area contributed by atoms with Crippen molar-refractivity contribution in [2.45, 2.75) is 50.0 Å². The number of aliphatic hydroxyl groups is 1. The maximum Gasteiger partial charge on any atom is 0.173 e. The van der Waals surface area contributed by atoms with Gasteiger partial charge in [-0.1, -0.05) is 60.7 Å². The Morgan fingerprint density at radius 2 is 1.52 bits per heavy atom. The molecule has 44 heavy (non-hydrogen) atoms. The Balaban J connectivity index is 1.46. The van der Waals surface area contributed by atoms with Crippen LogP contribution in [0.1, 0.15) is 34.4 Å². The molecule has 0 aliphatic carbocycles. The second kappa shape index (κ2) is 14.0. The van der Waals surface area contributed by atoms with Crippen molar-refractivity contribution in [2.24, 2.45) is 0 Å². The number of hydrogen-bond acceptors (Lipinski definition) is 8. The largest absolute Gasteiger partial charge is 0.497 e. The van der Waals surface area contributed by atoms with Gasteiger partial charge >= 0.3 is 0 Å². The number of methoxy groups -OCH3 is 2. The molecule has 1 fully saturated rings. The van der Waals surface area contributed by atoms with Crippen LogP contribution in [0, 0.1) is 6.92 Å². The van der Waals surface area contributed by atoms with Gasteiger partial charge in [0, 0.05) is 11.3 Å². The van der Waals surface area contributed by atoms with Crippen molar-refractivity contribution in [1.82, 2.24) is 9.97 Å². The first-order valence-electron chi connectivity index (χ1n) is 14.5. The Kier molecular flexibility index (Phi) is 9.89. The lowest BCUT2D eigenvalue weighted by Gasteiger charge is -2.37. The Labute approximate surface area is 257 Å². The molecule has 0 bridgehead atoms. The molecule has 8 nitrogen and oxygen atoms in total. The number of hydrogen-bond donors (Lipinski definition) is 2. The number of nitrogens with one attached hydrogen (secondary N) is 1. The highest BCUT2D eigenvalue weighted by molar-refractivity contribution is 5.50. The molecule has 9 heteroatoms. The number of ether oxygens (including phenoxy) is 4. The van der Waals surface area contributed by atoms with Gasteiger partial charge in [0.25, 0.3) is 0 Å². The van der Waals surface area contributed by atoms with Crippen LogP contribution in [-0.2, 0) is 21.5 Å². The van der Waals surface area contributed by atoms with E-state index in [9.17, 15) is 5.11 Å². The molecule has 1 aromatic heterocycles. The van der Waals surface area contributed by atoms with Crippen LogP contribution in [0.3, 0.4) is 0 Å². The number of rotatable bonds is 13. The Morgan fingerprint density at radius 1 is 0.932 bits per heavy atom. The highest BCUT2D eigenvalue weighted by Crippen LogP contribution is 2.42. The van der Waals surface area contributed by atoms with Crippen LogP contribution >= 0.6 is 0 Å². The number of alkyl halides is 1. The summed E-state index contributed by atoms with van der Waals surface area (Å²) in [4.78, 5) is 8.65. The highest BCUT2D eigenvalue weighted by Gasteiger charge is 2.47. The molecule has 3 aromatic carbocycles. The molecule has 5 rings (SSSR count). The maximum atomic E-state index is 15.5. The Hall–Kier alpha value is -4.31. The number of aromatic nitrogens is 2. The van der Waals surface area contributed by atoms with Crippen LogP contribution in [0.4, 0.5) is 10.2 Å². The Bertz CT molecular complexity index is 1470. The molecular weight excluding hydrogens is 561 g/mol. The number of allylic oxidation sites excluding steroid dienone is 1. The second-order valence-electron chi connectivity index (χ2n) is 10.6. The maximum absolute atomic E-state index is 15.5. The molecule has 4 atom stereocenters. The third-order valence-electron chi connectivity index (χ3n) is 8.01. The average molecular weight is 600 g/mol. The zero-order valence-corrected chi connectivity index (χ0v) is 25.2. The fraction of sp³-hybridized carbons (Fsp3) is 0.314. The summed E-state index contributed by atoms with van der Waals surface area (Å²) in [7, 11) is 3.22. The zero-order chi connectivity index (χ0) is 31.1. The minimum absolute atomic E-state index is 0.111. The van der Waals surface area contributed by atoms with Crippen LogP contribution in [0.25, 0.3) is 0 Å². The van der Waals surface area contributed by atoms with Crippen molar-refractivity contribution in [3.05, 3.63) is 126 Å². The quantitative estimate of drug-likeness (QED) is 0.148. The predicted octanol–water partition coefficient (Wildman–Crippen LogP) is 5.77. The van der Waals surface area contributed by atoms with Crippen molar-refractivity contribution < 1.29 is 28.4 Å². The molecule has 1 saturated heterocycles. The molecule has 0 amide bonds. The standard InChI is InChI=1S/C35H38FN3O5/c1-5-6-12-29-23(2)33(38-22-37-29)39-34-31(36)32(40)30(44-34)21-43-35(24-10-8-7-9-11-24,25-13-17-27(41-3)18-14-25)26-15-19-28(42-4)20-16-26/h5,7-11,13-20,22,30-32,34,40H,1,6,12,21H2,2-4H3,(H,37,38,39)/t30-,31-,32-,34-/m1/s1. The third kappa shape index (κ3) is 6.31. The van der Waals surface area contributed by atoms with E-state index in [1.165, 1.54) is 6.33 Å². The van der Waals surface area contributed by atoms with Crippen LogP contribution in [0.2, 0.25) is 0 Å². The fourth-order valence-electron chi connectivity index (χ4n) is 5.52. The van der Waals surface area contributed by atoms with Crippen molar-refractivity contribution in [1.29, 1.82) is 0 Å². The van der Waals surface area contributed by atoms with Gasteiger partial charge in [-0.2, -0.15) is 0 Å². The van der Waals surface area contributed by atoms with Crippen LogP contribution in [0.5, 0.6) is 11.5 Å². The number of aliphatic hydroxyl groups excluding tert-OH is 1. The SMILES string of the molecule is C=CCCc1ncnc(N[C@@H]2O[C@H](COC(c3ccccc3)(c3ccc(OC)cc3)c3ccc(OC)cc3)[C@@H](O)[C@H]2F)c1C. The molecule has 0 radical (unpaired) electrons. The monoisotopic (exact) mass is 599 g/mol. The smallest absolute Gasteiger partial charge is 0.173 e. The fourth-order valence-corrected chi connectivity index (χ4v) is 5.52. The van der Waals surface area contributed by atoms with Gasteiger partial charge in [-0.15, -0.1) is 6.58 Å². The molecule has 4 aromatic rings. The van der Waals surface area contributed by atoms with Gasteiger partial charge in [-0.05, 0) is 60.7 Å². The lowest BCUT2D eigenvalue weighted by molar-refractivity contribution is -0.0791. The summed E-state index contributed by atoms with van der Waals surface area (Å²) < 4.78 is 39.2. The number of aryl methyl sites for hydroxylation is 1. The first-order chi connectivity index (χ1) is 21.4. The lowest BCUT2D eigenvalue weighted by atomic mass is 9.80. The summed E-state index contributed by atoms with van der Waals surface area (Å²) >= 11 is 0. The first kappa shape index (κ1) is 31.1. The normalized spacial score (nSPS) is 19.8. The summed E-state index contributed by atoms with van der Waals surface area (Å²) in [5.74, 6) is 1.85. The van der Waals surface area contributed by atoms with E-state index in [0.717, 1.165) is 34.4 Å². The molecular formula is C35H38FN3O5. The Morgan fingerprint density at radius 3 is 2.09 bits per heavy atom. The minimum atomic E-state index is -1.72. The van der Waals surface area contributed by atoms with Crippen molar-refractivity contribution in [3.8, 4) is 11.5 Å². The molecule has 230 valence electrons. The molecule has 1 aliphatic rings. The highest BCUT2D eigenvalue weighted by atomic mass is 19.1. The summed E-state index contributed by atoms with van der Waals surface area (Å²) in [5, 5.41) is 14.0. The van der Waals surface area contributed by atoms with E-state index in [2.05, 4.69) is 21.9 Å². The summed E-state index contributed by atoms with van der Waals surface area (Å²) in [6.07, 6.45) is -0.554.